The van der Waals surface area contributed by atoms with Gasteiger partial charge in [-0.1, -0.05) is 11.6 Å². The highest BCUT2D eigenvalue weighted by atomic mass is 35.5. The number of halogens is 1. The second-order valence-electron chi connectivity index (χ2n) is 8.17. The van der Waals surface area contributed by atoms with Gasteiger partial charge in [-0.3, -0.25) is 9.48 Å². The summed E-state index contributed by atoms with van der Waals surface area (Å²) in [6.45, 7) is 7.58. The molecular formula is C23H25ClN6O3. The van der Waals surface area contributed by atoms with Gasteiger partial charge in [-0.2, -0.15) is 10.2 Å². The Morgan fingerprint density at radius 3 is 2.88 bits per heavy atom. The molecule has 0 aliphatic carbocycles. The molecule has 0 aliphatic heterocycles. The highest BCUT2D eigenvalue weighted by Crippen LogP contribution is 2.37. The number of aromatic nitrogens is 5. The molecule has 1 aromatic carbocycles. The molecule has 0 aliphatic rings. The van der Waals surface area contributed by atoms with Crippen LogP contribution in [0.1, 0.15) is 44.1 Å². The first-order valence-electron chi connectivity index (χ1n) is 10.5. The van der Waals surface area contributed by atoms with Crippen LogP contribution in [0.5, 0.6) is 5.75 Å². The van der Waals surface area contributed by atoms with Crippen LogP contribution in [0.15, 0.2) is 49.1 Å². The molecule has 4 rings (SSSR count). The molecule has 2 N–H and O–H groups in total. The molecule has 0 saturated heterocycles. The number of carbonyl (C=O) groups excluding carboxylic acids is 1. The molecule has 3 heterocycles. The maximum atomic E-state index is 13.2. The Balaban J connectivity index is 1.81. The number of carbonyl (C=O) groups is 1. The van der Waals surface area contributed by atoms with Crippen LogP contribution in [0.25, 0.3) is 16.9 Å². The first-order chi connectivity index (χ1) is 15.7. The van der Waals surface area contributed by atoms with Crippen molar-refractivity contribution < 1.29 is 14.6 Å². The lowest BCUT2D eigenvalue weighted by atomic mass is 10.0. The number of anilines is 1. The van der Waals surface area contributed by atoms with Gasteiger partial charge in [0.2, 0.25) is 0 Å². The van der Waals surface area contributed by atoms with Crippen molar-refractivity contribution in [2.24, 2.45) is 0 Å². The second-order valence-corrected chi connectivity index (χ2v) is 8.61. The van der Waals surface area contributed by atoms with Gasteiger partial charge in [-0.25, -0.2) is 9.50 Å². The zero-order chi connectivity index (χ0) is 23.8. The number of benzene rings is 1. The lowest BCUT2D eigenvalue weighted by Gasteiger charge is -2.25. The molecule has 0 bridgehead atoms. The Morgan fingerprint density at radius 1 is 1.36 bits per heavy atom. The molecule has 3 aromatic heterocycles. The summed E-state index contributed by atoms with van der Waals surface area (Å²) < 4.78 is 8.93. The number of ether oxygens (including phenoxy) is 1. The van der Waals surface area contributed by atoms with Gasteiger partial charge in [0.25, 0.3) is 5.91 Å². The van der Waals surface area contributed by atoms with Crippen molar-refractivity contribution in [1.82, 2.24) is 24.4 Å². The average molecular weight is 469 g/mol. The van der Waals surface area contributed by atoms with Crippen LogP contribution in [-0.2, 0) is 0 Å². The summed E-state index contributed by atoms with van der Waals surface area (Å²) >= 11 is 6.28. The lowest BCUT2D eigenvalue weighted by Crippen LogP contribution is -2.31. The van der Waals surface area contributed by atoms with E-state index in [0.29, 0.717) is 45.5 Å². The summed E-state index contributed by atoms with van der Waals surface area (Å²) in [6.07, 6.45) is 6.47. The minimum Gasteiger partial charge on any atom is -0.493 e. The van der Waals surface area contributed by atoms with Crippen LogP contribution in [0.2, 0.25) is 5.02 Å². The first kappa shape index (κ1) is 22.8. The molecule has 1 atom stereocenters. The summed E-state index contributed by atoms with van der Waals surface area (Å²) in [4.78, 5) is 17.4. The Kier molecular flexibility index (Phi) is 6.09. The number of fused-ring (bicyclic) bond motifs is 1. The van der Waals surface area contributed by atoms with E-state index in [9.17, 15) is 9.90 Å². The summed E-state index contributed by atoms with van der Waals surface area (Å²) in [7, 11) is 0. The third-order valence-electron chi connectivity index (χ3n) is 5.42. The smallest absolute Gasteiger partial charge is 0.261 e. The van der Waals surface area contributed by atoms with Crippen LogP contribution in [0.3, 0.4) is 0 Å². The van der Waals surface area contributed by atoms with Crippen LogP contribution in [-0.4, -0.2) is 47.6 Å². The predicted octanol–water partition coefficient (Wildman–Crippen LogP) is 4.23. The highest BCUT2D eigenvalue weighted by molar-refractivity contribution is 6.31. The quantitative estimate of drug-likeness (QED) is 0.420. The summed E-state index contributed by atoms with van der Waals surface area (Å²) in [5.41, 5.74) is 1.24. The van der Waals surface area contributed by atoms with Gasteiger partial charge in [-0.15, -0.1) is 0 Å². The van der Waals surface area contributed by atoms with Crippen molar-refractivity contribution in [1.29, 1.82) is 0 Å². The minimum atomic E-state index is -1.05. The summed E-state index contributed by atoms with van der Waals surface area (Å²) in [5.74, 6) is 0.191. The summed E-state index contributed by atoms with van der Waals surface area (Å²) in [5, 5.41) is 22.8. The van der Waals surface area contributed by atoms with Gasteiger partial charge in [-0.05, 0) is 52.0 Å². The van der Waals surface area contributed by atoms with Crippen molar-refractivity contribution in [3.63, 3.8) is 0 Å². The maximum absolute atomic E-state index is 13.2. The number of hydrogen-bond acceptors (Lipinski definition) is 6. The fraction of sp³-hybridized carbons (Fsp3) is 0.304. The van der Waals surface area contributed by atoms with Crippen molar-refractivity contribution in [2.75, 3.05) is 11.9 Å². The zero-order valence-corrected chi connectivity index (χ0v) is 19.5. The molecule has 1 amide bonds. The monoisotopic (exact) mass is 468 g/mol. The highest BCUT2D eigenvalue weighted by Gasteiger charge is 2.28. The molecule has 0 fully saturated rings. The number of hydrogen-bond donors (Lipinski definition) is 2. The van der Waals surface area contributed by atoms with Crippen molar-refractivity contribution >= 4 is 28.8 Å². The van der Waals surface area contributed by atoms with Crippen LogP contribution in [0.4, 0.5) is 5.69 Å². The third-order valence-corrected chi connectivity index (χ3v) is 5.65. The van der Waals surface area contributed by atoms with Crippen LogP contribution < -0.4 is 10.1 Å². The first-order valence-corrected chi connectivity index (χ1v) is 10.9. The van der Waals surface area contributed by atoms with Crippen LogP contribution >= 0.6 is 11.6 Å². The number of nitrogens with zero attached hydrogens (tertiary/aromatic N) is 5. The Hall–Kier alpha value is -3.43. The Labute approximate surface area is 196 Å². The van der Waals surface area contributed by atoms with E-state index in [1.807, 2.05) is 13.8 Å². The molecule has 10 heteroatoms. The van der Waals surface area contributed by atoms with Crippen LogP contribution in [0, 0.1) is 0 Å². The topological polar surface area (TPSA) is 107 Å². The average Bonchev–Trinajstić information content (AvgIpc) is 3.38. The van der Waals surface area contributed by atoms with Gasteiger partial charge >= 0.3 is 0 Å². The van der Waals surface area contributed by atoms with E-state index in [1.165, 1.54) is 10.7 Å². The SMILES string of the molecule is CCOc1ccc(Cl)cc1-c1nn(C(C)C(C)(C)O)cc1NC(=O)c1cnn2cccnc12. The van der Waals surface area contributed by atoms with E-state index >= 15 is 0 Å². The van der Waals surface area contributed by atoms with Crippen molar-refractivity contribution in [3.8, 4) is 17.0 Å². The molecule has 4 aromatic rings. The number of amides is 1. The molecule has 9 nitrogen and oxygen atoms in total. The molecule has 0 spiro atoms. The Bertz CT molecular complexity index is 1310. The van der Waals surface area contributed by atoms with E-state index < -0.39 is 5.60 Å². The predicted molar refractivity (Wildman–Crippen MR) is 126 cm³/mol. The fourth-order valence-corrected chi connectivity index (χ4v) is 3.52. The van der Waals surface area contributed by atoms with E-state index in [0.717, 1.165) is 0 Å². The van der Waals surface area contributed by atoms with Gasteiger partial charge < -0.3 is 15.2 Å². The Morgan fingerprint density at radius 2 is 2.15 bits per heavy atom. The number of nitrogens with one attached hydrogen (secondary N) is 1. The van der Waals surface area contributed by atoms with Gasteiger partial charge in [0.1, 0.15) is 17.0 Å². The molecule has 0 saturated carbocycles. The van der Waals surface area contributed by atoms with E-state index in [4.69, 9.17) is 21.4 Å². The lowest BCUT2D eigenvalue weighted by molar-refractivity contribution is 0.0259. The van der Waals surface area contributed by atoms with Crippen molar-refractivity contribution in [3.05, 3.63) is 59.6 Å². The van der Waals surface area contributed by atoms with E-state index in [-0.39, 0.29) is 11.9 Å². The molecule has 172 valence electrons. The van der Waals surface area contributed by atoms with Gasteiger partial charge in [0, 0.05) is 29.2 Å². The molecular weight excluding hydrogens is 444 g/mol. The number of rotatable bonds is 7. The van der Waals surface area contributed by atoms with E-state index in [2.05, 4.69) is 15.4 Å². The fourth-order valence-electron chi connectivity index (χ4n) is 3.35. The number of aliphatic hydroxyl groups is 1. The standard InChI is InChI=1S/C23H25ClN6O3/c1-5-33-19-8-7-15(24)11-16(19)20-18(13-30(28-20)14(2)23(3,4)32)27-22(31)17-12-26-29-10-6-9-25-21(17)29/h6-14,32H,5H2,1-4H3,(H,27,31). The maximum Gasteiger partial charge on any atom is 0.261 e. The normalized spacial score (nSPS) is 12.7. The van der Waals surface area contributed by atoms with E-state index in [1.54, 1.807) is 61.4 Å². The molecule has 33 heavy (non-hydrogen) atoms. The van der Waals surface area contributed by atoms with Gasteiger partial charge in [0.15, 0.2) is 5.65 Å². The molecule has 1 unspecified atom stereocenters. The zero-order valence-electron chi connectivity index (χ0n) is 18.8. The second kappa shape index (κ2) is 8.84. The molecule has 0 radical (unpaired) electrons. The van der Waals surface area contributed by atoms with Crippen molar-refractivity contribution in [2.45, 2.75) is 39.3 Å². The summed E-state index contributed by atoms with van der Waals surface area (Å²) in [6, 6.07) is 6.59. The third kappa shape index (κ3) is 4.55. The minimum absolute atomic E-state index is 0.320. The largest absolute Gasteiger partial charge is 0.493 e. The van der Waals surface area contributed by atoms with Gasteiger partial charge in [0.05, 0.1) is 30.1 Å².